The highest BCUT2D eigenvalue weighted by molar-refractivity contribution is 6.43. The van der Waals surface area contributed by atoms with E-state index in [1.807, 2.05) is 0 Å². The average molecular weight is 391 g/mol. The lowest BCUT2D eigenvalue weighted by Gasteiger charge is -2.14. The molecule has 5 nitrogen and oxygen atoms in total. The fourth-order valence-electron chi connectivity index (χ4n) is 1.99. The maximum Gasteiger partial charge on any atom is 0.416 e. The summed E-state index contributed by atoms with van der Waals surface area (Å²) in [5, 5.41) is 3.81. The van der Waals surface area contributed by atoms with E-state index >= 15 is 0 Å². The minimum absolute atomic E-state index is 0.00447. The molecule has 0 spiro atoms. The van der Waals surface area contributed by atoms with Crippen LogP contribution in [0.25, 0.3) is 0 Å². The van der Waals surface area contributed by atoms with Crippen LogP contribution in [-0.2, 0) is 21.9 Å². The minimum Gasteiger partial charge on any atom is -0.318 e. The summed E-state index contributed by atoms with van der Waals surface area (Å²) in [7, 11) is 0. The average Bonchev–Trinajstić information content (AvgIpc) is 2.52. The Balaban J connectivity index is 2.24. The van der Waals surface area contributed by atoms with Crippen molar-refractivity contribution in [2.75, 3.05) is 10.6 Å². The number of pyridine rings is 1. The van der Waals surface area contributed by atoms with Crippen LogP contribution in [0.3, 0.4) is 0 Å². The van der Waals surface area contributed by atoms with Crippen LogP contribution >= 0.6 is 0 Å². The molecule has 144 valence electrons. The van der Waals surface area contributed by atoms with Crippen LogP contribution in [0.5, 0.6) is 0 Å². The largest absolute Gasteiger partial charge is 0.416 e. The predicted octanol–water partition coefficient (Wildman–Crippen LogP) is 4.00. The summed E-state index contributed by atoms with van der Waals surface area (Å²) in [6.07, 6.45) is -8.81. The zero-order valence-corrected chi connectivity index (χ0v) is 13.5. The highest BCUT2D eigenvalue weighted by Crippen LogP contribution is 2.37. The third kappa shape index (κ3) is 5.43. The van der Waals surface area contributed by atoms with Crippen LogP contribution in [0.15, 0.2) is 36.5 Å². The molecule has 0 atom stereocenters. The molecule has 0 bridgehead atoms. The predicted molar refractivity (Wildman–Crippen MR) is 82.7 cm³/mol. The van der Waals surface area contributed by atoms with Gasteiger partial charge in [0.15, 0.2) is 0 Å². The van der Waals surface area contributed by atoms with Crippen LogP contribution in [0.1, 0.15) is 16.7 Å². The van der Waals surface area contributed by atoms with Crippen molar-refractivity contribution in [2.45, 2.75) is 19.3 Å². The molecule has 1 heterocycles. The van der Waals surface area contributed by atoms with Crippen molar-refractivity contribution in [3.05, 3.63) is 53.2 Å². The number of amides is 2. The first kappa shape index (κ1) is 20.2. The normalized spacial score (nSPS) is 11.8. The molecule has 1 aromatic carbocycles. The third-order valence-corrected chi connectivity index (χ3v) is 3.21. The molecule has 0 saturated heterocycles. The van der Waals surface area contributed by atoms with E-state index < -0.39 is 41.0 Å². The zero-order valence-electron chi connectivity index (χ0n) is 13.5. The van der Waals surface area contributed by atoms with Gasteiger partial charge in [-0.05, 0) is 42.8 Å². The summed E-state index contributed by atoms with van der Waals surface area (Å²) in [6.45, 7) is 1.68. The first-order chi connectivity index (χ1) is 12.4. The Bertz CT molecular complexity index is 845. The molecule has 27 heavy (non-hydrogen) atoms. The molecule has 0 unspecified atom stereocenters. The molecule has 11 heteroatoms. The number of hydrogen-bond acceptors (Lipinski definition) is 3. The van der Waals surface area contributed by atoms with Gasteiger partial charge < -0.3 is 10.6 Å². The summed E-state index contributed by atoms with van der Waals surface area (Å²) in [5.41, 5.74) is -3.36. The van der Waals surface area contributed by atoms with E-state index in [4.69, 9.17) is 0 Å². The fourth-order valence-corrected chi connectivity index (χ4v) is 1.99. The second-order valence-corrected chi connectivity index (χ2v) is 5.42. The molecule has 2 aromatic rings. The Morgan fingerprint density at radius 1 is 0.852 bits per heavy atom. The minimum atomic E-state index is -5.07. The van der Waals surface area contributed by atoms with E-state index in [0.717, 1.165) is 0 Å². The molecule has 1 aromatic heterocycles. The third-order valence-electron chi connectivity index (χ3n) is 3.21. The number of carbonyl (C=O) groups is 2. The van der Waals surface area contributed by atoms with Gasteiger partial charge in [0, 0.05) is 11.9 Å². The van der Waals surface area contributed by atoms with Gasteiger partial charge >= 0.3 is 24.2 Å². The second kappa shape index (κ2) is 7.25. The lowest BCUT2D eigenvalue weighted by atomic mass is 10.1. The van der Waals surface area contributed by atoms with Crippen molar-refractivity contribution < 1.29 is 35.9 Å². The Morgan fingerprint density at radius 2 is 1.37 bits per heavy atom. The Morgan fingerprint density at radius 3 is 1.85 bits per heavy atom. The number of aryl methyl sites for hydroxylation is 1. The molecule has 2 N–H and O–H groups in total. The van der Waals surface area contributed by atoms with Gasteiger partial charge in [0.1, 0.15) is 5.82 Å². The van der Waals surface area contributed by atoms with Crippen molar-refractivity contribution in [3.63, 3.8) is 0 Å². The quantitative estimate of drug-likeness (QED) is 0.601. The molecule has 0 saturated carbocycles. The highest BCUT2D eigenvalue weighted by atomic mass is 19.4. The molecule has 0 aliphatic heterocycles. The van der Waals surface area contributed by atoms with E-state index in [0.29, 0.717) is 17.7 Å². The van der Waals surface area contributed by atoms with Gasteiger partial charge in [-0.2, -0.15) is 26.3 Å². The molecule has 2 rings (SSSR count). The molecule has 2 amide bonds. The van der Waals surface area contributed by atoms with Crippen molar-refractivity contribution in [1.82, 2.24) is 4.98 Å². The number of nitrogens with one attached hydrogen (secondary N) is 2. The van der Waals surface area contributed by atoms with Gasteiger partial charge in [-0.15, -0.1) is 0 Å². The van der Waals surface area contributed by atoms with Crippen molar-refractivity contribution in [2.24, 2.45) is 0 Å². The lowest BCUT2D eigenvalue weighted by molar-refractivity contribution is -0.143. The Hall–Kier alpha value is -3.11. The van der Waals surface area contributed by atoms with Crippen LogP contribution in [0.2, 0.25) is 0 Å². The molecule has 0 radical (unpaired) electrons. The second-order valence-electron chi connectivity index (χ2n) is 5.42. The van der Waals surface area contributed by atoms with E-state index in [2.05, 4.69) is 10.3 Å². The Kier molecular flexibility index (Phi) is 5.43. The van der Waals surface area contributed by atoms with Gasteiger partial charge in [-0.25, -0.2) is 4.98 Å². The maximum atomic E-state index is 12.8. The first-order valence-corrected chi connectivity index (χ1v) is 7.21. The number of benzene rings is 1. The van der Waals surface area contributed by atoms with Crippen molar-refractivity contribution in [3.8, 4) is 0 Å². The number of carbonyl (C=O) groups excluding carboxylic acids is 2. The topological polar surface area (TPSA) is 71.1 Å². The molecular weight excluding hydrogens is 380 g/mol. The molecule has 0 aliphatic rings. The van der Waals surface area contributed by atoms with Gasteiger partial charge in [-0.1, -0.05) is 0 Å². The number of aromatic nitrogens is 1. The summed E-state index contributed by atoms with van der Waals surface area (Å²) in [4.78, 5) is 27.3. The first-order valence-electron chi connectivity index (χ1n) is 7.21. The van der Waals surface area contributed by atoms with Gasteiger partial charge in [0.25, 0.3) is 0 Å². The van der Waals surface area contributed by atoms with Crippen LogP contribution in [-0.4, -0.2) is 16.8 Å². The highest BCUT2D eigenvalue weighted by Gasteiger charge is 2.37. The summed E-state index contributed by atoms with van der Waals surface area (Å²) in [5.74, 6) is -2.76. The summed E-state index contributed by atoms with van der Waals surface area (Å²) >= 11 is 0. The lowest BCUT2D eigenvalue weighted by Crippen LogP contribution is -2.29. The number of alkyl halides is 6. The Labute approximate surface area is 148 Å². The van der Waals surface area contributed by atoms with Gasteiger partial charge in [0.2, 0.25) is 0 Å². The molecule has 0 aliphatic carbocycles. The van der Waals surface area contributed by atoms with Crippen LogP contribution < -0.4 is 10.6 Å². The van der Waals surface area contributed by atoms with E-state index in [-0.39, 0.29) is 11.9 Å². The number of rotatable bonds is 2. The SMILES string of the molecule is Cc1ccnc(NC(=O)C(=O)Nc2cc(C(F)(F)F)cc(C(F)(F)F)c2)c1. The zero-order chi connectivity index (χ0) is 20.4. The number of halogens is 6. The standard InChI is InChI=1S/C16H11F6N3O2/c1-8-2-3-23-12(4-8)25-14(27)13(26)24-11-6-9(15(17,18)19)5-10(7-11)16(20,21)22/h2-7H,1H3,(H,24,26)(H,23,25,27). The van der Waals surface area contributed by atoms with Crippen molar-refractivity contribution in [1.29, 1.82) is 0 Å². The number of anilines is 2. The van der Waals surface area contributed by atoms with Gasteiger partial charge in [-0.3, -0.25) is 9.59 Å². The maximum absolute atomic E-state index is 12.8. The van der Waals surface area contributed by atoms with Gasteiger partial charge in [0.05, 0.1) is 11.1 Å². The van der Waals surface area contributed by atoms with E-state index in [1.165, 1.54) is 12.3 Å². The molecule has 0 fully saturated rings. The monoisotopic (exact) mass is 391 g/mol. The smallest absolute Gasteiger partial charge is 0.318 e. The number of hydrogen-bond donors (Lipinski definition) is 2. The fraction of sp³-hybridized carbons (Fsp3) is 0.188. The van der Waals surface area contributed by atoms with Crippen LogP contribution in [0, 0.1) is 6.92 Å². The van der Waals surface area contributed by atoms with Crippen molar-refractivity contribution >= 4 is 23.3 Å². The van der Waals surface area contributed by atoms with E-state index in [1.54, 1.807) is 18.3 Å². The van der Waals surface area contributed by atoms with Crippen LogP contribution in [0.4, 0.5) is 37.8 Å². The van der Waals surface area contributed by atoms with E-state index in [9.17, 15) is 35.9 Å². The molecular formula is C16H11F6N3O2. The summed E-state index contributed by atoms with van der Waals surface area (Å²) < 4.78 is 76.7. The summed E-state index contributed by atoms with van der Waals surface area (Å²) in [6, 6.07) is 3.53. The number of nitrogens with zero attached hydrogens (tertiary/aromatic N) is 1.